The van der Waals surface area contributed by atoms with Crippen LogP contribution in [0, 0.1) is 10.5 Å². The van der Waals surface area contributed by atoms with Crippen molar-refractivity contribution in [1.82, 2.24) is 10.6 Å². The number of amides is 2. The lowest BCUT2D eigenvalue weighted by Gasteiger charge is -2.22. The highest BCUT2D eigenvalue weighted by Crippen LogP contribution is 2.18. The van der Waals surface area contributed by atoms with E-state index in [-0.39, 0.29) is 23.0 Å². The lowest BCUT2D eigenvalue weighted by Crippen LogP contribution is -2.36. The van der Waals surface area contributed by atoms with Crippen LogP contribution in [0.1, 0.15) is 58.4 Å². The number of hydrogen-bond donors (Lipinski definition) is 3. The van der Waals surface area contributed by atoms with Crippen LogP contribution in [0.4, 0.5) is 5.69 Å². The first kappa shape index (κ1) is 21.7. The molecule has 1 fully saturated rings. The van der Waals surface area contributed by atoms with Crippen molar-refractivity contribution in [3.05, 3.63) is 62.7 Å². The molecule has 3 rings (SSSR count). The summed E-state index contributed by atoms with van der Waals surface area (Å²) < 4.78 is 1.02. The van der Waals surface area contributed by atoms with Crippen molar-refractivity contribution in [2.75, 3.05) is 5.32 Å². The van der Waals surface area contributed by atoms with E-state index in [4.69, 9.17) is 12.2 Å². The quantitative estimate of drug-likeness (QED) is 0.400. The number of hydrogen-bond acceptors (Lipinski definition) is 3. The molecule has 0 aromatic heterocycles. The highest BCUT2D eigenvalue weighted by Gasteiger charge is 2.17. The number of nitrogens with one attached hydrogen (secondary N) is 3. The predicted octanol–water partition coefficient (Wildman–Crippen LogP) is 4.79. The Kier molecular flexibility index (Phi) is 7.60. The summed E-state index contributed by atoms with van der Waals surface area (Å²) in [4.78, 5) is 24.9. The number of halogens is 1. The second-order valence-corrected chi connectivity index (χ2v) is 8.83. The third-order valence-corrected chi connectivity index (χ3v) is 6.35. The lowest BCUT2D eigenvalue weighted by atomic mass is 9.95. The maximum Gasteiger partial charge on any atom is 0.257 e. The number of carbonyl (C=O) groups is 2. The lowest BCUT2D eigenvalue weighted by molar-refractivity contribution is 0.0926. The SMILES string of the molecule is Cc1ccc(C(=O)NC(=S)Nc2cccc(C(=O)NC3CCCCC3)c2)cc1I. The van der Waals surface area contributed by atoms with E-state index in [1.165, 1.54) is 19.3 Å². The van der Waals surface area contributed by atoms with Crippen molar-refractivity contribution in [2.45, 2.75) is 45.1 Å². The van der Waals surface area contributed by atoms with E-state index in [1.54, 1.807) is 24.3 Å². The average molecular weight is 521 g/mol. The normalized spacial score (nSPS) is 14.1. The fourth-order valence-corrected chi connectivity index (χ4v) is 4.05. The van der Waals surface area contributed by atoms with Gasteiger partial charge in [-0.2, -0.15) is 0 Å². The van der Waals surface area contributed by atoms with E-state index in [9.17, 15) is 9.59 Å². The third-order valence-electron chi connectivity index (χ3n) is 4.98. The fraction of sp³-hybridized carbons (Fsp3) is 0.318. The first-order valence-electron chi connectivity index (χ1n) is 9.72. The molecule has 0 heterocycles. The molecule has 2 amide bonds. The smallest absolute Gasteiger partial charge is 0.257 e. The van der Waals surface area contributed by atoms with E-state index in [1.807, 2.05) is 25.1 Å². The minimum atomic E-state index is -0.272. The van der Waals surface area contributed by atoms with Crippen molar-refractivity contribution in [1.29, 1.82) is 0 Å². The maximum absolute atomic E-state index is 12.5. The molecule has 0 spiro atoms. The standard InChI is InChI=1S/C22H24IN3O2S/c1-14-10-11-16(13-19(14)23)21(28)26-22(29)25-18-9-5-6-15(12-18)20(27)24-17-7-3-2-4-8-17/h5-6,9-13,17H,2-4,7-8H2,1H3,(H,24,27)(H2,25,26,28,29). The van der Waals surface area contributed by atoms with Gasteiger partial charge in [0.2, 0.25) is 0 Å². The van der Waals surface area contributed by atoms with Gasteiger partial charge >= 0.3 is 0 Å². The summed E-state index contributed by atoms with van der Waals surface area (Å²) >= 11 is 7.46. The van der Waals surface area contributed by atoms with Gasteiger partial charge in [0.15, 0.2) is 5.11 Å². The van der Waals surface area contributed by atoms with E-state index in [0.717, 1.165) is 22.0 Å². The molecule has 0 saturated heterocycles. The highest BCUT2D eigenvalue weighted by molar-refractivity contribution is 14.1. The second kappa shape index (κ2) is 10.2. The molecular weight excluding hydrogens is 497 g/mol. The van der Waals surface area contributed by atoms with Crippen molar-refractivity contribution in [3.8, 4) is 0 Å². The molecule has 0 aliphatic heterocycles. The van der Waals surface area contributed by atoms with Crippen LogP contribution in [0.2, 0.25) is 0 Å². The Morgan fingerprint density at radius 3 is 2.45 bits per heavy atom. The molecule has 1 aliphatic rings. The predicted molar refractivity (Wildman–Crippen MR) is 128 cm³/mol. The number of rotatable bonds is 4. The molecule has 152 valence electrons. The monoisotopic (exact) mass is 521 g/mol. The van der Waals surface area contributed by atoms with Crippen LogP contribution in [-0.2, 0) is 0 Å². The zero-order valence-corrected chi connectivity index (χ0v) is 19.2. The van der Waals surface area contributed by atoms with E-state index < -0.39 is 0 Å². The minimum absolute atomic E-state index is 0.0789. The van der Waals surface area contributed by atoms with Gasteiger partial charge < -0.3 is 10.6 Å². The first-order chi connectivity index (χ1) is 13.9. The van der Waals surface area contributed by atoms with Crippen LogP contribution in [0.25, 0.3) is 0 Å². The number of thiocarbonyl (C=S) groups is 1. The van der Waals surface area contributed by atoms with Crippen LogP contribution >= 0.6 is 34.8 Å². The van der Waals surface area contributed by atoms with Gasteiger partial charge in [-0.15, -0.1) is 0 Å². The third kappa shape index (κ3) is 6.24. The minimum Gasteiger partial charge on any atom is -0.349 e. The van der Waals surface area contributed by atoms with Gasteiger partial charge in [-0.05, 0) is 90.5 Å². The molecular formula is C22H24IN3O2S. The largest absolute Gasteiger partial charge is 0.349 e. The molecule has 1 aliphatic carbocycles. The van der Waals surface area contributed by atoms with Crippen LogP contribution in [-0.4, -0.2) is 23.0 Å². The van der Waals surface area contributed by atoms with Crippen molar-refractivity contribution in [3.63, 3.8) is 0 Å². The number of benzene rings is 2. The summed E-state index contributed by atoms with van der Waals surface area (Å²) in [6, 6.07) is 12.9. The van der Waals surface area contributed by atoms with Gasteiger partial charge in [0, 0.05) is 26.4 Å². The fourth-order valence-electron chi connectivity index (χ4n) is 3.33. The molecule has 2 aromatic carbocycles. The molecule has 2 aromatic rings. The summed E-state index contributed by atoms with van der Waals surface area (Å²) in [6.45, 7) is 1.99. The Bertz CT molecular complexity index is 926. The van der Waals surface area contributed by atoms with Crippen molar-refractivity contribution in [2.24, 2.45) is 0 Å². The Balaban J connectivity index is 1.58. The zero-order valence-electron chi connectivity index (χ0n) is 16.3. The molecule has 0 unspecified atom stereocenters. The van der Waals surface area contributed by atoms with E-state index in [2.05, 4.69) is 38.5 Å². The van der Waals surface area contributed by atoms with Crippen LogP contribution in [0.5, 0.6) is 0 Å². The summed E-state index contributed by atoms with van der Waals surface area (Å²) in [7, 11) is 0. The molecule has 7 heteroatoms. The van der Waals surface area contributed by atoms with Gasteiger partial charge in [0.05, 0.1) is 0 Å². The number of anilines is 1. The van der Waals surface area contributed by atoms with Gasteiger partial charge in [0.1, 0.15) is 0 Å². The van der Waals surface area contributed by atoms with E-state index in [0.29, 0.717) is 16.8 Å². The number of aryl methyl sites for hydroxylation is 1. The number of carbonyl (C=O) groups excluding carboxylic acids is 2. The highest BCUT2D eigenvalue weighted by atomic mass is 127. The molecule has 0 radical (unpaired) electrons. The van der Waals surface area contributed by atoms with Gasteiger partial charge in [0.25, 0.3) is 11.8 Å². The summed E-state index contributed by atoms with van der Waals surface area (Å²) in [5.74, 6) is -0.351. The van der Waals surface area contributed by atoms with Gasteiger partial charge in [-0.3, -0.25) is 14.9 Å². The molecule has 3 N–H and O–H groups in total. The molecule has 0 atom stereocenters. The van der Waals surface area contributed by atoms with Crippen molar-refractivity contribution < 1.29 is 9.59 Å². The average Bonchev–Trinajstić information content (AvgIpc) is 2.71. The first-order valence-corrected chi connectivity index (χ1v) is 11.2. The van der Waals surface area contributed by atoms with Crippen LogP contribution in [0.3, 0.4) is 0 Å². The Morgan fingerprint density at radius 2 is 1.72 bits per heavy atom. The second-order valence-electron chi connectivity index (χ2n) is 7.26. The Hall–Kier alpha value is -2.00. The van der Waals surface area contributed by atoms with Crippen LogP contribution in [0.15, 0.2) is 42.5 Å². The molecule has 0 bridgehead atoms. The maximum atomic E-state index is 12.5. The van der Waals surface area contributed by atoms with Crippen LogP contribution < -0.4 is 16.0 Å². The summed E-state index contributed by atoms with van der Waals surface area (Å²) in [6.07, 6.45) is 5.66. The summed E-state index contributed by atoms with van der Waals surface area (Å²) in [5.41, 5.74) is 2.89. The Labute approximate surface area is 190 Å². The molecule has 29 heavy (non-hydrogen) atoms. The van der Waals surface area contributed by atoms with E-state index >= 15 is 0 Å². The molecule has 5 nitrogen and oxygen atoms in total. The molecule has 1 saturated carbocycles. The summed E-state index contributed by atoms with van der Waals surface area (Å²) in [5, 5.41) is 8.97. The Morgan fingerprint density at radius 1 is 1.00 bits per heavy atom. The van der Waals surface area contributed by atoms with Gasteiger partial charge in [-0.1, -0.05) is 31.4 Å². The van der Waals surface area contributed by atoms with Gasteiger partial charge in [-0.25, -0.2) is 0 Å². The topological polar surface area (TPSA) is 70.2 Å². The van der Waals surface area contributed by atoms with Crippen molar-refractivity contribution >= 4 is 57.4 Å². The zero-order chi connectivity index (χ0) is 20.8.